The maximum Gasteiger partial charge on any atom is 3.00 e. The van der Waals surface area contributed by atoms with Crippen LogP contribution in [-0.4, -0.2) is 15.0 Å². The molecule has 3 nitrogen and oxygen atoms in total. The first kappa shape index (κ1) is 49.7. The van der Waals surface area contributed by atoms with Gasteiger partial charge in [-0.1, -0.05) is 224 Å². The van der Waals surface area contributed by atoms with E-state index in [0.717, 1.165) is 98.0 Å². The van der Waals surface area contributed by atoms with Gasteiger partial charge in [-0.05, 0) is 122 Å². The zero-order valence-electron chi connectivity index (χ0n) is 53.6. The van der Waals surface area contributed by atoms with Gasteiger partial charge in [0.1, 0.15) is 0 Å². The van der Waals surface area contributed by atoms with E-state index in [4.69, 9.17) is 13.2 Å². The van der Waals surface area contributed by atoms with E-state index in [-0.39, 0.29) is 20.1 Å². The van der Waals surface area contributed by atoms with Gasteiger partial charge in [-0.15, -0.1) is 94.5 Å². The molecule has 3 aromatic heterocycles. The third-order valence-electron chi connectivity index (χ3n) is 13.7. The zero-order valence-corrected chi connectivity index (χ0v) is 50.0. The van der Waals surface area contributed by atoms with E-state index >= 15 is 0 Å². The van der Waals surface area contributed by atoms with Crippen LogP contribution in [0.5, 0.6) is 0 Å². The molecular formula is C76H74IrN3. The van der Waals surface area contributed by atoms with Gasteiger partial charge in [0, 0.05) is 26.8 Å². The van der Waals surface area contributed by atoms with Gasteiger partial charge in [0.05, 0.1) is 0 Å². The van der Waals surface area contributed by atoms with Gasteiger partial charge in [0.15, 0.2) is 0 Å². The van der Waals surface area contributed by atoms with Crippen LogP contribution in [0.2, 0.25) is 0 Å². The van der Waals surface area contributed by atoms with Crippen LogP contribution in [0.25, 0.3) is 78.3 Å². The molecule has 10 rings (SSSR count). The molecule has 10 aromatic rings. The molecule has 0 fully saturated rings. The van der Waals surface area contributed by atoms with Crippen molar-refractivity contribution in [3.63, 3.8) is 0 Å². The Morgan fingerprint density at radius 2 is 0.738 bits per heavy atom. The summed E-state index contributed by atoms with van der Waals surface area (Å²) in [7, 11) is 0. The average Bonchev–Trinajstić information content (AvgIpc) is 1.33. The molecule has 402 valence electrons. The maximum absolute atomic E-state index is 9.12. The van der Waals surface area contributed by atoms with Gasteiger partial charge in [0.2, 0.25) is 0 Å². The predicted molar refractivity (Wildman–Crippen MR) is 332 cm³/mol. The monoisotopic (exact) mass is 1230 g/mol. The summed E-state index contributed by atoms with van der Waals surface area (Å²) in [6.07, 6.45) is 3.49. The Morgan fingerprint density at radius 3 is 1.20 bits per heavy atom. The Bertz CT molecular complexity index is 3830. The molecule has 0 aliphatic heterocycles. The summed E-state index contributed by atoms with van der Waals surface area (Å²) in [6.45, 7) is 17.3. The van der Waals surface area contributed by atoms with E-state index in [2.05, 4.69) is 143 Å². The van der Waals surface area contributed by atoms with Crippen molar-refractivity contribution in [1.29, 1.82) is 0 Å². The fourth-order valence-corrected chi connectivity index (χ4v) is 10.1. The number of pyridine rings is 3. The van der Waals surface area contributed by atoms with Crippen LogP contribution >= 0.6 is 0 Å². The molecule has 80 heavy (non-hydrogen) atoms. The minimum atomic E-state index is -1.60. The Labute approximate surface area is 499 Å². The topological polar surface area (TPSA) is 38.7 Å². The SMILES string of the molecule is [2H]C([2H])(c1ccnc(-c2[c-]cc(CCc3cc(CCc4c[c-]c(-c5cc(C([2H])([2H])C(C)(C)C)ccn5)cc4)cc(-c4ccccc4-c4c[c-]c(-c5cc(C([2H])([2H])C(C)(C)C)ccn5)cc4-c4ccc(-c5ccccc5)cc4)c3)cc2)c1)C(C)(C)C.[Ir+3]. The molecule has 0 amide bonds. The van der Waals surface area contributed by atoms with Crippen LogP contribution in [-0.2, 0) is 64.9 Å². The zero-order chi connectivity index (χ0) is 60.5. The van der Waals surface area contributed by atoms with Gasteiger partial charge >= 0.3 is 20.1 Å². The van der Waals surface area contributed by atoms with E-state index in [1.807, 2.05) is 111 Å². The maximum atomic E-state index is 9.12. The molecule has 0 N–H and O–H groups in total. The Hall–Kier alpha value is -7.36. The average molecular weight is 1230 g/mol. The number of hydrogen-bond donors (Lipinski definition) is 0. The van der Waals surface area contributed by atoms with Crippen molar-refractivity contribution < 1.29 is 28.3 Å². The first-order valence-corrected chi connectivity index (χ1v) is 27.6. The third kappa shape index (κ3) is 15.3. The van der Waals surface area contributed by atoms with Crippen LogP contribution in [0.3, 0.4) is 0 Å². The molecule has 3 heterocycles. The summed E-state index contributed by atoms with van der Waals surface area (Å²) in [5, 5.41) is 0. The van der Waals surface area contributed by atoms with E-state index in [0.29, 0.717) is 33.8 Å². The molecule has 7 aromatic carbocycles. The first-order valence-electron chi connectivity index (χ1n) is 30.6. The van der Waals surface area contributed by atoms with Crippen LogP contribution in [0, 0.1) is 34.4 Å². The molecule has 0 spiro atoms. The molecule has 4 heteroatoms. The summed E-state index contributed by atoms with van der Waals surface area (Å²) in [5.41, 5.74) is 17.6. The van der Waals surface area contributed by atoms with Gasteiger partial charge in [-0.2, -0.15) is 0 Å². The second-order valence-electron chi connectivity index (χ2n) is 23.8. The molecular weight excluding hydrogens is 1150 g/mol. The smallest absolute Gasteiger partial charge is 0.305 e. The largest absolute Gasteiger partial charge is 3.00 e. The minimum Gasteiger partial charge on any atom is -0.305 e. The Balaban J connectivity index is 0.00000884. The number of nitrogens with zero attached hydrogens (tertiary/aromatic N) is 3. The minimum absolute atomic E-state index is 0. The van der Waals surface area contributed by atoms with Crippen molar-refractivity contribution in [2.75, 3.05) is 0 Å². The number of aromatic nitrogens is 3. The number of rotatable bonds is 16. The second-order valence-corrected chi connectivity index (χ2v) is 23.8. The summed E-state index contributed by atoms with van der Waals surface area (Å²) in [4.78, 5) is 14.0. The number of benzene rings is 7. The van der Waals surface area contributed by atoms with E-state index in [9.17, 15) is 0 Å². The quantitative estimate of drug-likeness (QED) is 0.0905. The van der Waals surface area contributed by atoms with Gasteiger partial charge < -0.3 is 15.0 Å². The number of aryl methyl sites for hydroxylation is 4. The van der Waals surface area contributed by atoms with Crippen LogP contribution in [0.4, 0.5) is 0 Å². The molecule has 0 aliphatic rings. The van der Waals surface area contributed by atoms with Crippen LogP contribution in [0.15, 0.2) is 201 Å². The van der Waals surface area contributed by atoms with E-state index in [1.54, 1.807) is 36.8 Å². The molecule has 0 atom stereocenters. The molecule has 0 saturated heterocycles. The standard InChI is InChI=1S/C76H74N3.Ir/c1-74(2,3)50-57-37-40-77-71(46-57)63-27-23-53(24-28-63)19-21-55-43-56(22-20-54-25-29-64(30-26-54)72-47-58(38-41-78-72)51-75(4,5)6)45-66(44-55)67-17-13-14-18-68(67)69-36-35-65(73-48-59(39-42-79-73)52-76(7,8)9)49-70(69)62-33-31-61(32-34-62)60-15-11-10-12-16-60;/h10-18,23-27,29,31-34,36-49H,19-22,50-52H2,1-9H3;/q-3;+3/i50D2,51D2,52D2;. The Kier molecular flexibility index (Phi) is 15.5. The van der Waals surface area contributed by atoms with Crippen molar-refractivity contribution in [1.82, 2.24) is 15.0 Å². The van der Waals surface area contributed by atoms with Crippen molar-refractivity contribution in [3.05, 3.63) is 258 Å². The van der Waals surface area contributed by atoms with Crippen molar-refractivity contribution in [2.24, 2.45) is 16.2 Å². The summed E-state index contributed by atoms with van der Waals surface area (Å²) in [6, 6.07) is 72.8. The van der Waals surface area contributed by atoms with Crippen LogP contribution < -0.4 is 0 Å². The van der Waals surface area contributed by atoms with Gasteiger partial charge in [-0.25, -0.2) is 0 Å². The normalized spacial score (nSPS) is 13.5. The van der Waals surface area contributed by atoms with Gasteiger partial charge in [-0.3, -0.25) is 0 Å². The second kappa shape index (κ2) is 25.0. The van der Waals surface area contributed by atoms with Crippen molar-refractivity contribution in [3.8, 4) is 78.3 Å². The summed E-state index contributed by atoms with van der Waals surface area (Å²) >= 11 is 0. The van der Waals surface area contributed by atoms with Gasteiger partial charge in [0.25, 0.3) is 0 Å². The molecule has 0 bridgehead atoms. The van der Waals surface area contributed by atoms with Crippen LogP contribution in [0.1, 0.15) is 109 Å². The molecule has 0 aliphatic carbocycles. The third-order valence-corrected chi connectivity index (χ3v) is 13.7. The summed E-state index contributed by atoms with van der Waals surface area (Å²) in [5.74, 6) is 0. The fourth-order valence-electron chi connectivity index (χ4n) is 10.1. The Morgan fingerprint density at radius 1 is 0.325 bits per heavy atom. The fraction of sp³-hybridized carbons (Fsp3) is 0.250. The molecule has 0 unspecified atom stereocenters. The molecule has 0 radical (unpaired) electrons. The van der Waals surface area contributed by atoms with E-state index in [1.165, 1.54) is 11.1 Å². The van der Waals surface area contributed by atoms with Crippen molar-refractivity contribution in [2.45, 2.75) is 107 Å². The van der Waals surface area contributed by atoms with E-state index < -0.39 is 35.4 Å². The number of hydrogen-bond acceptors (Lipinski definition) is 3. The predicted octanol–water partition coefficient (Wildman–Crippen LogP) is 19.3. The molecule has 0 saturated carbocycles. The summed E-state index contributed by atoms with van der Waals surface area (Å²) < 4.78 is 53.8. The van der Waals surface area contributed by atoms with Crippen molar-refractivity contribution >= 4 is 0 Å². The first-order chi connectivity index (χ1) is 40.3.